The fraction of sp³-hybridized carbons (Fsp3) is 1.00. The number of hydrogen-bond acceptors (Lipinski definition) is 6. The fourth-order valence-electron chi connectivity index (χ4n) is 0.993. The lowest BCUT2D eigenvalue weighted by Crippen LogP contribution is -2.36. The van der Waals surface area contributed by atoms with E-state index in [4.69, 9.17) is 19.3 Å². The van der Waals surface area contributed by atoms with Crippen LogP contribution in [-0.2, 0) is 18.9 Å². The highest BCUT2D eigenvalue weighted by atomic mass is 16.8. The molecule has 6 nitrogen and oxygen atoms in total. The van der Waals surface area contributed by atoms with Gasteiger partial charge in [-0.3, -0.25) is 0 Å². The van der Waals surface area contributed by atoms with E-state index in [9.17, 15) is 5.11 Å². The summed E-state index contributed by atoms with van der Waals surface area (Å²) in [6.45, 7) is 7.26. The number of ether oxygens (including phenoxy) is 4. The summed E-state index contributed by atoms with van der Waals surface area (Å²) in [6, 6.07) is 0. The van der Waals surface area contributed by atoms with Gasteiger partial charge in [0.25, 0.3) is 0 Å². The van der Waals surface area contributed by atoms with Crippen molar-refractivity contribution < 1.29 is 29.2 Å². The SMILES string of the molecule is COC(C)(C)O.COC(C)(C)OC1OCCC1O. The van der Waals surface area contributed by atoms with Gasteiger partial charge in [0, 0.05) is 20.6 Å². The molecule has 1 aliphatic heterocycles. The number of methoxy groups -OCH3 is 2. The summed E-state index contributed by atoms with van der Waals surface area (Å²) in [5, 5.41) is 17.9. The van der Waals surface area contributed by atoms with E-state index in [1.165, 1.54) is 7.11 Å². The highest BCUT2D eigenvalue weighted by molar-refractivity contribution is 4.69. The average molecular weight is 266 g/mol. The molecule has 18 heavy (non-hydrogen) atoms. The van der Waals surface area contributed by atoms with Crippen molar-refractivity contribution in [2.24, 2.45) is 0 Å². The van der Waals surface area contributed by atoms with Crippen LogP contribution >= 0.6 is 0 Å². The zero-order valence-electron chi connectivity index (χ0n) is 12.1. The van der Waals surface area contributed by atoms with Gasteiger partial charge < -0.3 is 29.2 Å². The first-order valence-corrected chi connectivity index (χ1v) is 5.91. The normalized spacial score (nSPS) is 24.7. The Morgan fingerprint density at radius 2 is 1.61 bits per heavy atom. The minimum absolute atomic E-state index is 0.528. The molecule has 1 aliphatic rings. The van der Waals surface area contributed by atoms with E-state index in [1.807, 2.05) is 0 Å². The second-order valence-corrected chi connectivity index (χ2v) is 4.97. The molecule has 0 aliphatic carbocycles. The maximum Gasteiger partial charge on any atom is 0.186 e. The molecule has 0 aromatic heterocycles. The van der Waals surface area contributed by atoms with Gasteiger partial charge in [0.05, 0.1) is 6.61 Å². The molecule has 0 saturated carbocycles. The molecule has 1 saturated heterocycles. The van der Waals surface area contributed by atoms with E-state index in [1.54, 1.807) is 34.8 Å². The maximum atomic E-state index is 9.34. The summed E-state index contributed by atoms with van der Waals surface area (Å²) in [7, 11) is 3.02. The first kappa shape index (κ1) is 17.8. The lowest BCUT2D eigenvalue weighted by molar-refractivity contribution is -0.288. The molecule has 6 heteroatoms. The third-order valence-electron chi connectivity index (χ3n) is 2.40. The van der Waals surface area contributed by atoms with Crippen LogP contribution in [0.1, 0.15) is 34.1 Å². The molecule has 0 amide bonds. The summed E-state index contributed by atoms with van der Waals surface area (Å²) < 4.78 is 20.0. The third kappa shape index (κ3) is 7.97. The minimum Gasteiger partial charge on any atom is -0.388 e. The molecule has 1 rings (SSSR count). The van der Waals surface area contributed by atoms with Crippen molar-refractivity contribution in [1.82, 2.24) is 0 Å². The molecule has 2 unspecified atom stereocenters. The Bertz CT molecular complexity index is 223. The van der Waals surface area contributed by atoms with Gasteiger partial charge in [0.1, 0.15) is 6.10 Å². The van der Waals surface area contributed by atoms with E-state index < -0.39 is 24.0 Å². The summed E-state index contributed by atoms with van der Waals surface area (Å²) >= 11 is 0. The highest BCUT2D eigenvalue weighted by Gasteiger charge is 2.32. The van der Waals surface area contributed by atoms with Gasteiger partial charge in [-0.15, -0.1) is 0 Å². The van der Waals surface area contributed by atoms with Gasteiger partial charge >= 0.3 is 0 Å². The molecule has 1 fully saturated rings. The first-order chi connectivity index (χ1) is 8.11. The van der Waals surface area contributed by atoms with Crippen LogP contribution in [0, 0.1) is 0 Å². The Labute approximate surface area is 109 Å². The van der Waals surface area contributed by atoms with Gasteiger partial charge in [-0.25, -0.2) is 0 Å². The molecule has 0 radical (unpaired) electrons. The van der Waals surface area contributed by atoms with Crippen LogP contribution in [0.5, 0.6) is 0 Å². The molecule has 2 atom stereocenters. The predicted octanol–water partition coefficient (Wildman–Crippen LogP) is 0.854. The summed E-state index contributed by atoms with van der Waals surface area (Å²) in [4.78, 5) is 0. The van der Waals surface area contributed by atoms with Crippen LogP contribution in [0.3, 0.4) is 0 Å². The molecular formula is C12H26O6. The largest absolute Gasteiger partial charge is 0.388 e. The fourth-order valence-corrected chi connectivity index (χ4v) is 0.993. The Morgan fingerprint density at radius 1 is 1.11 bits per heavy atom. The Balaban J connectivity index is 0.000000411. The zero-order chi connectivity index (χ0) is 14.4. The zero-order valence-corrected chi connectivity index (χ0v) is 12.1. The molecule has 0 aromatic rings. The van der Waals surface area contributed by atoms with Gasteiger partial charge in [-0.1, -0.05) is 0 Å². The summed E-state index contributed by atoms with van der Waals surface area (Å²) in [6.07, 6.45) is -0.441. The van der Waals surface area contributed by atoms with E-state index in [-0.39, 0.29) is 0 Å². The van der Waals surface area contributed by atoms with Gasteiger partial charge in [-0.05, 0) is 27.7 Å². The molecule has 0 aromatic carbocycles. The average Bonchev–Trinajstić information content (AvgIpc) is 2.64. The summed E-state index contributed by atoms with van der Waals surface area (Å²) in [5.74, 6) is -1.66. The quantitative estimate of drug-likeness (QED) is 0.735. The van der Waals surface area contributed by atoms with E-state index >= 15 is 0 Å². The Kier molecular flexibility index (Phi) is 7.28. The van der Waals surface area contributed by atoms with Crippen LogP contribution in [0.25, 0.3) is 0 Å². The highest BCUT2D eigenvalue weighted by Crippen LogP contribution is 2.21. The van der Waals surface area contributed by atoms with Crippen LogP contribution in [0.2, 0.25) is 0 Å². The molecule has 110 valence electrons. The smallest absolute Gasteiger partial charge is 0.186 e. The van der Waals surface area contributed by atoms with Crippen molar-refractivity contribution in [3.8, 4) is 0 Å². The van der Waals surface area contributed by atoms with Crippen molar-refractivity contribution in [3.05, 3.63) is 0 Å². The van der Waals surface area contributed by atoms with Crippen LogP contribution in [-0.4, -0.2) is 55.0 Å². The lowest BCUT2D eigenvalue weighted by Gasteiger charge is -2.28. The summed E-state index contributed by atoms with van der Waals surface area (Å²) in [5.41, 5.74) is 0. The topological polar surface area (TPSA) is 77.4 Å². The van der Waals surface area contributed by atoms with Crippen molar-refractivity contribution in [2.75, 3.05) is 20.8 Å². The van der Waals surface area contributed by atoms with Crippen LogP contribution < -0.4 is 0 Å². The van der Waals surface area contributed by atoms with Gasteiger partial charge in [0.15, 0.2) is 17.9 Å². The number of hydrogen-bond donors (Lipinski definition) is 2. The Morgan fingerprint density at radius 3 is 1.89 bits per heavy atom. The number of rotatable bonds is 4. The third-order valence-corrected chi connectivity index (χ3v) is 2.40. The Hall–Kier alpha value is -0.240. The van der Waals surface area contributed by atoms with Crippen LogP contribution in [0.15, 0.2) is 0 Å². The number of aliphatic hydroxyl groups excluding tert-OH is 1. The molecule has 2 N–H and O–H groups in total. The van der Waals surface area contributed by atoms with Crippen LogP contribution in [0.4, 0.5) is 0 Å². The van der Waals surface area contributed by atoms with E-state index in [0.29, 0.717) is 13.0 Å². The van der Waals surface area contributed by atoms with Crippen molar-refractivity contribution in [2.45, 2.75) is 58.1 Å². The second-order valence-electron chi connectivity index (χ2n) is 4.97. The molecule has 0 spiro atoms. The minimum atomic E-state index is -0.958. The van der Waals surface area contributed by atoms with Gasteiger partial charge in [0.2, 0.25) is 0 Å². The maximum absolute atomic E-state index is 9.34. The predicted molar refractivity (Wildman–Crippen MR) is 65.8 cm³/mol. The van der Waals surface area contributed by atoms with Crippen molar-refractivity contribution in [3.63, 3.8) is 0 Å². The monoisotopic (exact) mass is 266 g/mol. The number of aliphatic hydroxyl groups is 2. The molecular weight excluding hydrogens is 240 g/mol. The van der Waals surface area contributed by atoms with Crippen molar-refractivity contribution >= 4 is 0 Å². The van der Waals surface area contributed by atoms with Gasteiger partial charge in [-0.2, -0.15) is 0 Å². The van der Waals surface area contributed by atoms with Crippen molar-refractivity contribution in [1.29, 1.82) is 0 Å². The molecule has 0 bridgehead atoms. The second kappa shape index (κ2) is 7.37. The first-order valence-electron chi connectivity index (χ1n) is 5.91. The van der Waals surface area contributed by atoms with E-state index in [0.717, 1.165) is 0 Å². The lowest BCUT2D eigenvalue weighted by atomic mass is 10.3. The van der Waals surface area contributed by atoms with E-state index in [2.05, 4.69) is 4.74 Å². The standard InChI is InChI=1S/C8H16O4.C4H10O2/c1-8(2,10-3)12-7-6(9)4-5-11-7;1-4(2,5)6-3/h6-7,9H,4-5H2,1-3H3;5H,1-3H3. The molecule has 1 heterocycles.